The lowest BCUT2D eigenvalue weighted by Crippen LogP contribution is -2.32. The minimum absolute atomic E-state index is 0.0736. The van der Waals surface area contributed by atoms with Crippen LogP contribution in [-0.4, -0.2) is 6.54 Å². The van der Waals surface area contributed by atoms with Gasteiger partial charge in [-0.1, -0.05) is 33.1 Å². The van der Waals surface area contributed by atoms with Gasteiger partial charge >= 0.3 is 0 Å². The highest BCUT2D eigenvalue weighted by Gasteiger charge is 2.29. The average molecular weight is 295 g/mol. The Hall–Kier alpha value is -0.960. The van der Waals surface area contributed by atoms with Crippen LogP contribution in [0.5, 0.6) is 0 Å². The van der Waals surface area contributed by atoms with Crippen LogP contribution in [0.2, 0.25) is 0 Å². The molecule has 1 saturated carbocycles. The molecule has 0 bridgehead atoms. The quantitative estimate of drug-likeness (QED) is 0.758. The van der Waals surface area contributed by atoms with Crippen LogP contribution in [-0.2, 0) is 0 Å². The van der Waals surface area contributed by atoms with Gasteiger partial charge in [0.15, 0.2) is 0 Å². The molecule has 0 saturated heterocycles. The summed E-state index contributed by atoms with van der Waals surface area (Å²) in [7, 11) is 0. The Labute approximate surface area is 127 Å². The van der Waals surface area contributed by atoms with E-state index in [4.69, 9.17) is 0 Å². The van der Waals surface area contributed by atoms with Crippen molar-refractivity contribution >= 4 is 0 Å². The Kier molecular flexibility index (Phi) is 6.16. The lowest BCUT2D eigenvalue weighted by atomic mass is 9.75. The molecule has 1 aliphatic rings. The molecule has 1 N–H and O–H groups in total. The van der Waals surface area contributed by atoms with E-state index in [0.717, 1.165) is 43.4 Å². The van der Waals surface area contributed by atoms with Crippen LogP contribution in [0.15, 0.2) is 18.2 Å². The Morgan fingerprint density at radius 1 is 1.14 bits per heavy atom. The van der Waals surface area contributed by atoms with Crippen molar-refractivity contribution < 1.29 is 8.78 Å². The molecule has 1 fully saturated rings. The van der Waals surface area contributed by atoms with Crippen LogP contribution >= 0.6 is 0 Å². The third-order valence-corrected chi connectivity index (χ3v) is 4.73. The normalized spacial score (nSPS) is 24.0. The second-order valence-electron chi connectivity index (χ2n) is 6.34. The summed E-state index contributed by atoms with van der Waals surface area (Å²) in [6.45, 7) is 5.24. The fourth-order valence-corrected chi connectivity index (χ4v) is 3.62. The molecule has 21 heavy (non-hydrogen) atoms. The van der Waals surface area contributed by atoms with Crippen molar-refractivity contribution in [1.29, 1.82) is 0 Å². The molecule has 1 aliphatic carbocycles. The summed E-state index contributed by atoms with van der Waals surface area (Å²) in [5.74, 6) is 0.289. The molecule has 1 nitrogen and oxygen atoms in total. The molecule has 0 spiro atoms. The monoisotopic (exact) mass is 295 g/mol. The number of halogens is 2. The summed E-state index contributed by atoms with van der Waals surface area (Å²) in [5, 5.41) is 3.52. The van der Waals surface area contributed by atoms with Crippen LogP contribution < -0.4 is 5.32 Å². The Morgan fingerprint density at radius 2 is 1.86 bits per heavy atom. The fourth-order valence-electron chi connectivity index (χ4n) is 3.62. The van der Waals surface area contributed by atoms with E-state index in [-0.39, 0.29) is 6.04 Å². The van der Waals surface area contributed by atoms with E-state index in [1.165, 1.54) is 31.4 Å². The van der Waals surface area contributed by atoms with E-state index in [0.29, 0.717) is 5.92 Å². The molecule has 1 aromatic carbocycles. The maximum absolute atomic E-state index is 13.6. The lowest BCUT2D eigenvalue weighted by molar-refractivity contribution is 0.209. The van der Waals surface area contributed by atoms with Gasteiger partial charge in [0.25, 0.3) is 0 Å². The highest BCUT2D eigenvalue weighted by Crippen LogP contribution is 2.38. The molecular weight excluding hydrogens is 268 g/mol. The SMILES string of the molecule is CCCNC(c1cc(F)cc(F)c1)C1CCCC(CC)C1. The first-order valence-electron chi connectivity index (χ1n) is 8.33. The third kappa shape index (κ3) is 4.50. The zero-order valence-corrected chi connectivity index (χ0v) is 13.2. The Balaban J connectivity index is 2.20. The zero-order valence-electron chi connectivity index (χ0n) is 13.2. The largest absolute Gasteiger partial charge is 0.310 e. The maximum atomic E-state index is 13.6. The van der Waals surface area contributed by atoms with Gasteiger partial charge in [-0.3, -0.25) is 0 Å². The molecule has 3 unspecified atom stereocenters. The minimum atomic E-state index is -0.476. The van der Waals surface area contributed by atoms with E-state index in [1.54, 1.807) is 0 Å². The van der Waals surface area contributed by atoms with Gasteiger partial charge < -0.3 is 5.32 Å². The number of hydrogen-bond acceptors (Lipinski definition) is 1. The van der Waals surface area contributed by atoms with E-state index < -0.39 is 11.6 Å². The maximum Gasteiger partial charge on any atom is 0.126 e. The molecule has 1 aromatic rings. The highest BCUT2D eigenvalue weighted by atomic mass is 19.1. The summed E-state index contributed by atoms with van der Waals surface area (Å²) in [6, 6.07) is 4.01. The van der Waals surface area contributed by atoms with Crippen molar-refractivity contribution in [3.8, 4) is 0 Å². The van der Waals surface area contributed by atoms with Gasteiger partial charge in [0.1, 0.15) is 11.6 Å². The first kappa shape index (κ1) is 16.4. The van der Waals surface area contributed by atoms with E-state index in [9.17, 15) is 8.78 Å². The van der Waals surface area contributed by atoms with Gasteiger partial charge in [-0.15, -0.1) is 0 Å². The topological polar surface area (TPSA) is 12.0 Å². The predicted octanol–water partition coefficient (Wildman–Crippen LogP) is 5.22. The van der Waals surface area contributed by atoms with E-state index in [2.05, 4.69) is 19.2 Å². The van der Waals surface area contributed by atoms with Crippen molar-refractivity contribution in [2.75, 3.05) is 6.54 Å². The smallest absolute Gasteiger partial charge is 0.126 e. The predicted molar refractivity (Wildman–Crippen MR) is 83.1 cm³/mol. The zero-order chi connectivity index (χ0) is 15.2. The van der Waals surface area contributed by atoms with Gasteiger partial charge in [0, 0.05) is 12.1 Å². The number of nitrogens with one attached hydrogen (secondary N) is 1. The van der Waals surface area contributed by atoms with Crippen LogP contribution in [0.1, 0.15) is 64.0 Å². The number of hydrogen-bond donors (Lipinski definition) is 1. The molecule has 0 radical (unpaired) electrons. The first-order valence-corrected chi connectivity index (χ1v) is 8.33. The van der Waals surface area contributed by atoms with Crippen LogP contribution in [0, 0.1) is 23.5 Å². The average Bonchev–Trinajstić information content (AvgIpc) is 2.47. The van der Waals surface area contributed by atoms with Gasteiger partial charge in [0.2, 0.25) is 0 Å². The lowest BCUT2D eigenvalue weighted by Gasteiger charge is -2.35. The van der Waals surface area contributed by atoms with Gasteiger partial charge in [-0.05, 0) is 55.3 Å². The molecule has 0 aliphatic heterocycles. The van der Waals surface area contributed by atoms with E-state index in [1.807, 2.05) is 0 Å². The van der Waals surface area contributed by atoms with Crippen molar-refractivity contribution in [2.45, 2.75) is 58.4 Å². The molecule has 118 valence electrons. The van der Waals surface area contributed by atoms with Crippen molar-refractivity contribution in [3.05, 3.63) is 35.4 Å². The van der Waals surface area contributed by atoms with Crippen molar-refractivity contribution in [2.24, 2.45) is 11.8 Å². The highest BCUT2D eigenvalue weighted by molar-refractivity contribution is 5.22. The molecular formula is C18H27F2N. The standard InChI is InChI=1S/C18H27F2N/c1-3-8-21-18(14-7-5-6-13(4-2)9-14)15-10-16(19)12-17(20)11-15/h10-14,18,21H,3-9H2,1-2H3. The van der Waals surface area contributed by atoms with Gasteiger partial charge in [0.05, 0.1) is 0 Å². The summed E-state index contributed by atoms with van der Waals surface area (Å²) in [5.41, 5.74) is 0.766. The molecule has 0 amide bonds. The fraction of sp³-hybridized carbons (Fsp3) is 0.667. The molecule has 3 atom stereocenters. The minimum Gasteiger partial charge on any atom is -0.310 e. The summed E-state index contributed by atoms with van der Waals surface area (Å²) in [4.78, 5) is 0. The second kappa shape index (κ2) is 7.88. The van der Waals surface area contributed by atoms with Crippen LogP contribution in [0.25, 0.3) is 0 Å². The third-order valence-electron chi connectivity index (χ3n) is 4.73. The number of benzene rings is 1. The van der Waals surface area contributed by atoms with Crippen LogP contribution in [0.4, 0.5) is 8.78 Å². The molecule has 3 heteroatoms. The number of rotatable bonds is 6. The first-order chi connectivity index (χ1) is 10.1. The van der Waals surface area contributed by atoms with Crippen molar-refractivity contribution in [1.82, 2.24) is 5.32 Å². The molecule has 2 rings (SSSR count). The van der Waals surface area contributed by atoms with Crippen LogP contribution in [0.3, 0.4) is 0 Å². The summed E-state index contributed by atoms with van der Waals surface area (Å²) in [6.07, 6.45) is 7.06. The van der Waals surface area contributed by atoms with Gasteiger partial charge in [-0.2, -0.15) is 0 Å². The van der Waals surface area contributed by atoms with E-state index >= 15 is 0 Å². The van der Waals surface area contributed by atoms with Crippen molar-refractivity contribution in [3.63, 3.8) is 0 Å². The molecule has 0 heterocycles. The van der Waals surface area contributed by atoms with Gasteiger partial charge in [-0.25, -0.2) is 8.78 Å². The second-order valence-corrected chi connectivity index (χ2v) is 6.34. The Bertz CT molecular complexity index is 427. The summed E-state index contributed by atoms with van der Waals surface area (Å²) >= 11 is 0. The molecule has 0 aromatic heterocycles. The summed E-state index contributed by atoms with van der Waals surface area (Å²) < 4.78 is 27.1. The Morgan fingerprint density at radius 3 is 2.48 bits per heavy atom.